The Morgan fingerprint density at radius 2 is 1.36 bits per heavy atom. The van der Waals surface area contributed by atoms with E-state index in [-0.39, 0.29) is 36.6 Å². The van der Waals surface area contributed by atoms with Crippen molar-refractivity contribution < 1.29 is 42.7 Å². The molecule has 0 aliphatic carbocycles. The van der Waals surface area contributed by atoms with Crippen LogP contribution in [0.1, 0.15) is 21.5 Å². The van der Waals surface area contributed by atoms with Crippen LogP contribution in [-0.2, 0) is 17.8 Å². The normalized spacial score (nSPS) is 11.6. The van der Waals surface area contributed by atoms with E-state index in [0.29, 0.717) is 30.2 Å². The van der Waals surface area contributed by atoms with Crippen LogP contribution in [-0.4, -0.2) is 29.0 Å². The molecule has 0 radical (unpaired) electrons. The Labute approximate surface area is 266 Å². The minimum atomic E-state index is -1.30. The number of fused-ring (bicyclic) bond motifs is 3. The molecule has 5 aromatic carbocycles. The first-order chi connectivity index (χ1) is 21.0. The average molecular weight is 579 g/mol. The number of nitrogens with zero attached hydrogens (tertiary/aromatic N) is 1. The molecule has 44 heavy (non-hydrogen) atoms. The topological polar surface area (TPSA) is 83.4 Å². The molecule has 1 heterocycles. The van der Waals surface area contributed by atoms with Gasteiger partial charge in [-0.3, -0.25) is 4.79 Å². The van der Waals surface area contributed by atoms with E-state index < -0.39 is 17.8 Å². The van der Waals surface area contributed by atoms with Crippen molar-refractivity contribution in [3.8, 4) is 5.75 Å². The standard InChI is InChI=1S/C36H29FN2O4.Li/c37-26-17-15-25(16-18-26)35(40)30-9-1-4-10-31(30)38-32(36(41)42)23-24-13-19-27(20-14-24)43-22-21-39-33-11-5-2-7-28(33)29-8-3-6-12-34(29)39;/h1-20,32,38H,21-23H2,(H,41,42);/q;+1/p-1. The van der Waals surface area contributed by atoms with Crippen LogP contribution in [0.5, 0.6) is 5.75 Å². The van der Waals surface area contributed by atoms with Crippen molar-refractivity contribution in [1.82, 2.24) is 4.57 Å². The molecule has 0 spiro atoms. The van der Waals surface area contributed by atoms with Crippen molar-refractivity contribution >= 4 is 39.2 Å². The van der Waals surface area contributed by atoms with Crippen LogP contribution >= 0.6 is 0 Å². The van der Waals surface area contributed by atoms with Gasteiger partial charge in [-0.05, 0) is 72.6 Å². The predicted octanol–water partition coefficient (Wildman–Crippen LogP) is 3.02. The fourth-order valence-corrected chi connectivity index (χ4v) is 5.40. The van der Waals surface area contributed by atoms with Crippen molar-refractivity contribution in [3.63, 3.8) is 0 Å². The second-order valence-corrected chi connectivity index (χ2v) is 10.3. The first-order valence-electron chi connectivity index (χ1n) is 14.0. The first kappa shape index (κ1) is 30.6. The number of carbonyl (C=O) groups excluding carboxylic acids is 2. The Kier molecular flexibility index (Phi) is 9.49. The number of hydrogen-bond donors (Lipinski definition) is 1. The molecule has 0 bridgehead atoms. The van der Waals surface area contributed by atoms with Crippen LogP contribution in [0.25, 0.3) is 21.8 Å². The van der Waals surface area contributed by atoms with Gasteiger partial charge in [-0.2, -0.15) is 0 Å². The van der Waals surface area contributed by atoms with Gasteiger partial charge in [0, 0.05) is 38.6 Å². The monoisotopic (exact) mass is 578 g/mol. The minimum absolute atomic E-state index is 0. The number of carboxylic acids is 1. The van der Waals surface area contributed by atoms with Gasteiger partial charge in [-0.1, -0.05) is 60.7 Å². The number of para-hydroxylation sites is 3. The number of carboxylic acid groups (broad SMARTS) is 1. The molecule has 1 aromatic heterocycles. The van der Waals surface area contributed by atoms with Gasteiger partial charge < -0.3 is 24.5 Å². The number of ether oxygens (including phenoxy) is 1. The molecule has 8 heteroatoms. The van der Waals surface area contributed by atoms with Gasteiger partial charge in [0.15, 0.2) is 5.78 Å². The Hall–Kier alpha value is -4.83. The van der Waals surface area contributed by atoms with Crippen molar-refractivity contribution in [2.45, 2.75) is 19.0 Å². The molecule has 0 saturated carbocycles. The van der Waals surface area contributed by atoms with Crippen LogP contribution in [0.4, 0.5) is 10.1 Å². The van der Waals surface area contributed by atoms with E-state index in [1.54, 1.807) is 24.3 Å². The SMILES string of the molecule is O=C(c1ccc(F)cc1)c1ccccc1NC(Cc1ccc(OCCn2c3ccccc3c3ccccc32)cc1)C(=O)[O-].[Li+]. The molecule has 0 aliphatic rings. The van der Waals surface area contributed by atoms with Crippen molar-refractivity contribution in [3.05, 3.63) is 144 Å². The summed E-state index contributed by atoms with van der Waals surface area (Å²) in [6, 6.07) is 34.7. The zero-order chi connectivity index (χ0) is 29.8. The summed E-state index contributed by atoms with van der Waals surface area (Å²) in [5.74, 6) is -1.41. The quantitative estimate of drug-likeness (QED) is 0.189. The summed E-state index contributed by atoms with van der Waals surface area (Å²) in [4.78, 5) is 25.2. The number of hydrogen-bond acceptors (Lipinski definition) is 5. The van der Waals surface area contributed by atoms with E-state index in [2.05, 4.69) is 34.1 Å². The summed E-state index contributed by atoms with van der Waals surface area (Å²) in [5, 5.41) is 17.5. The maximum Gasteiger partial charge on any atom is 1.00 e. The largest absolute Gasteiger partial charge is 1.00 e. The summed E-state index contributed by atoms with van der Waals surface area (Å²) in [7, 11) is 0. The number of rotatable bonds is 11. The number of aliphatic carboxylic acids is 1. The number of halogens is 1. The van der Waals surface area contributed by atoms with Gasteiger partial charge in [0.05, 0.1) is 18.6 Å². The van der Waals surface area contributed by atoms with Gasteiger partial charge in [0.25, 0.3) is 0 Å². The maximum absolute atomic E-state index is 13.3. The summed E-state index contributed by atoms with van der Waals surface area (Å²) < 4.78 is 21.6. The van der Waals surface area contributed by atoms with E-state index in [4.69, 9.17) is 4.74 Å². The van der Waals surface area contributed by atoms with Gasteiger partial charge in [0.1, 0.15) is 18.2 Å². The molecule has 1 N–H and O–H groups in total. The third kappa shape index (κ3) is 6.55. The van der Waals surface area contributed by atoms with Crippen molar-refractivity contribution in [1.29, 1.82) is 0 Å². The van der Waals surface area contributed by atoms with Crippen LogP contribution in [0.3, 0.4) is 0 Å². The van der Waals surface area contributed by atoms with Gasteiger partial charge in [-0.25, -0.2) is 4.39 Å². The Morgan fingerprint density at radius 1 is 0.773 bits per heavy atom. The van der Waals surface area contributed by atoms with Gasteiger partial charge in [-0.15, -0.1) is 0 Å². The Bertz CT molecular complexity index is 1870. The number of anilines is 1. The molecule has 0 fully saturated rings. The third-order valence-corrected chi connectivity index (χ3v) is 7.52. The molecule has 0 saturated heterocycles. The number of carbonyl (C=O) groups is 2. The molecule has 1 atom stereocenters. The first-order valence-corrected chi connectivity index (χ1v) is 14.0. The molecule has 6 aromatic rings. The number of aromatic nitrogens is 1. The van der Waals surface area contributed by atoms with Crippen molar-refractivity contribution in [2.75, 3.05) is 11.9 Å². The van der Waals surface area contributed by atoms with Gasteiger partial charge >= 0.3 is 18.9 Å². The second-order valence-electron chi connectivity index (χ2n) is 10.3. The summed E-state index contributed by atoms with van der Waals surface area (Å²) in [6.45, 7) is 1.13. The molecule has 0 amide bonds. The average Bonchev–Trinajstić information content (AvgIpc) is 3.35. The smallest absolute Gasteiger partial charge is 0.548 e. The minimum Gasteiger partial charge on any atom is -0.548 e. The fourth-order valence-electron chi connectivity index (χ4n) is 5.40. The molecular formula is C36H28FLiN2O4. The Morgan fingerprint density at radius 3 is 2.00 bits per heavy atom. The molecule has 214 valence electrons. The summed E-state index contributed by atoms with van der Waals surface area (Å²) >= 11 is 0. The van der Waals surface area contributed by atoms with Crippen molar-refractivity contribution in [2.24, 2.45) is 0 Å². The predicted molar refractivity (Wildman–Crippen MR) is 164 cm³/mol. The fraction of sp³-hybridized carbons (Fsp3) is 0.111. The zero-order valence-electron chi connectivity index (χ0n) is 24.2. The Balaban J connectivity index is 0.00000384. The molecule has 1 unspecified atom stereocenters. The molecule has 0 aliphatic heterocycles. The third-order valence-electron chi connectivity index (χ3n) is 7.52. The summed E-state index contributed by atoms with van der Waals surface area (Å²) in [6.07, 6.45) is 0.128. The number of ketones is 1. The van der Waals surface area contributed by atoms with Crippen LogP contribution < -0.4 is 34.0 Å². The molecule has 6 rings (SSSR count). The van der Waals surface area contributed by atoms with E-state index in [0.717, 1.165) is 16.6 Å². The molecule has 6 nitrogen and oxygen atoms in total. The van der Waals surface area contributed by atoms with E-state index >= 15 is 0 Å². The number of benzene rings is 5. The number of nitrogens with one attached hydrogen (secondary N) is 1. The maximum atomic E-state index is 13.3. The van der Waals surface area contributed by atoms with Crippen LogP contribution in [0.15, 0.2) is 121 Å². The van der Waals surface area contributed by atoms with E-state index in [9.17, 15) is 19.1 Å². The second kappa shape index (κ2) is 13.6. The van der Waals surface area contributed by atoms with Crippen LogP contribution in [0.2, 0.25) is 0 Å². The van der Waals surface area contributed by atoms with Crippen LogP contribution in [0, 0.1) is 5.82 Å². The van der Waals surface area contributed by atoms with Gasteiger partial charge in [0.2, 0.25) is 0 Å². The molecular weight excluding hydrogens is 550 g/mol. The van der Waals surface area contributed by atoms with E-state index in [1.165, 1.54) is 35.0 Å². The zero-order valence-corrected chi connectivity index (χ0v) is 24.2. The summed E-state index contributed by atoms with van der Waals surface area (Å²) in [5.41, 5.74) is 4.02. The van der Waals surface area contributed by atoms with E-state index in [1.807, 2.05) is 48.5 Å².